The van der Waals surface area contributed by atoms with Gasteiger partial charge in [0, 0.05) is 16.7 Å². The minimum Gasteiger partial charge on any atom is -0.497 e. The lowest BCUT2D eigenvalue weighted by Gasteiger charge is -2.39. The van der Waals surface area contributed by atoms with E-state index in [2.05, 4.69) is 64.8 Å². The highest BCUT2D eigenvalue weighted by molar-refractivity contribution is 5.85. The predicted octanol–water partition coefficient (Wildman–Crippen LogP) is 5.16. The number of ether oxygens (including phenoxy) is 2. The van der Waals surface area contributed by atoms with Gasteiger partial charge in [0.05, 0.1) is 12.8 Å². The van der Waals surface area contributed by atoms with Gasteiger partial charge >= 0.3 is 0 Å². The molecular weight excluding hydrogens is 400 g/mol. The maximum atomic E-state index is 6.67. The highest BCUT2D eigenvalue weighted by atomic mass is 16.5. The second-order valence-electron chi connectivity index (χ2n) is 8.07. The van der Waals surface area contributed by atoms with E-state index >= 15 is 0 Å². The van der Waals surface area contributed by atoms with Gasteiger partial charge in [0.2, 0.25) is 5.95 Å². The molecule has 0 fully saturated rings. The quantitative estimate of drug-likeness (QED) is 0.494. The Balaban J connectivity index is 1.63. The number of aromatic nitrogens is 3. The van der Waals surface area contributed by atoms with Crippen LogP contribution in [0.4, 0.5) is 5.95 Å². The Hall–Kier alpha value is -4.06. The van der Waals surface area contributed by atoms with Crippen molar-refractivity contribution in [3.63, 3.8) is 0 Å². The van der Waals surface area contributed by atoms with Crippen molar-refractivity contribution in [3.8, 4) is 11.5 Å². The Morgan fingerprint density at radius 2 is 1.81 bits per heavy atom. The smallest absolute Gasteiger partial charge is 0.226 e. The molecule has 0 saturated heterocycles. The second-order valence-corrected chi connectivity index (χ2v) is 8.07. The average Bonchev–Trinajstić information content (AvgIpc) is 3.31. The largest absolute Gasteiger partial charge is 0.497 e. The van der Waals surface area contributed by atoms with Crippen LogP contribution in [0.25, 0.3) is 5.70 Å². The van der Waals surface area contributed by atoms with Gasteiger partial charge in [-0.15, -0.1) is 0 Å². The Morgan fingerprint density at radius 3 is 2.66 bits per heavy atom. The third-order valence-corrected chi connectivity index (χ3v) is 6.08. The molecule has 1 N–H and O–H groups in total. The van der Waals surface area contributed by atoms with Crippen LogP contribution < -0.4 is 14.8 Å². The number of nitrogens with one attached hydrogen (secondary N) is 1. The molecule has 4 aromatic rings. The number of rotatable bonds is 3. The van der Waals surface area contributed by atoms with Crippen LogP contribution in [-0.2, 0) is 0 Å². The zero-order chi connectivity index (χ0) is 21.7. The van der Waals surface area contributed by atoms with E-state index in [0.717, 1.165) is 45.4 Å². The summed E-state index contributed by atoms with van der Waals surface area (Å²) in [5.74, 6) is 2.36. The van der Waals surface area contributed by atoms with Crippen LogP contribution in [0.5, 0.6) is 11.5 Å². The summed E-state index contributed by atoms with van der Waals surface area (Å²) in [6, 6.07) is 24.6. The van der Waals surface area contributed by atoms with Gasteiger partial charge in [0.1, 0.15) is 30.0 Å². The van der Waals surface area contributed by atoms with Crippen molar-refractivity contribution >= 4 is 11.6 Å². The number of anilines is 1. The SMILES string of the molecule is COc1cccc(C2Oc3ccc(C)cc3C3=C2C(c2ccccc2)n2ncnc2N3)c1. The average molecular weight is 422 g/mol. The van der Waals surface area contributed by atoms with Crippen LogP contribution in [0.2, 0.25) is 0 Å². The van der Waals surface area contributed by atoms with Gasteiger partial charge in [-0.25, -0.2) is 4.68 Å². The number of methoxy groups -OCH3 is 1. The third-order valence-electron chi connectivity index (χ3n) is 6.08. The maximum Gasteiger partial charge on any atom is 0.226 e. The Bertz CT molecular complexity index is 1340. The molecule has 1 aromatic heterocycles. The molecule has 2 unspecified atom stereocenters. The Labute approximate surface area is 186 Å². The number of nitrogens with zero attached hydrogens (tertiary/aromatic N) is 3. The topological polar surface area (TPSA) is 61.2 Å². The molecule has 158 valence electrons. The fourth-order valence-electron chi connectivity index (χ4n) is 4.62. The number of benzene rings is 3. The second kappa shape index (κ2) is 7.27. The molecule has 3 heterocycles. The predicted molar refractivity (Wildman–Crippen MR) is 123 cm³/mol. The van der Waals surface area contributed by atoms with E-state index in [-0.39, 0.29) is 12.1 Å². The van der Waals surface area contributed by atoms with Gasteiger partial charge in [-0.2, -0.15) is 10.1 Å². The van der Waals surface area contributed by atoms with Crippen molar-refractivity contribution in [2.45, 2.75) is 19.1 Å². The monoisotopic (exact) mass is 422 g/mol. The summed E-state index contributed by atoms with van der Waals surface area (Å²) >= 11 is 0. The van der Waals surface area contributed by atoms with Crippen LogP contribution in [0.1, 0.15) is 34.4 Å². The molecule has 0 spiro atoms. The van der Waals surface area contributed by atoms with Gasteiger partial charge in [-0.05, 0) is 36.8 Å². The van der Waals surface area contributed by atoms with Gasteiger partial charge in [0.25, 0.3) is 0 Å². The summed E-state index contributed by atoms with van der Waals surface area (Å²) in [4.78, 5) is 4.49. The Kier molecular flexibility index (Phi) is 4.24. The molecule has 0 aliphatic carbocycles. The first-order chi connectivity index (χ1) is 15.7. The molecule has 0 bridgehead atoms. The molecule has 2 aliphatic rings. The van der Waals surface area contributed by atoms with E-state index < -0.39 is 0 Å². The summed E-state index contributed by atoms with van der Waals surface area (Å²) < 4.78 is 14.1. The lowest BCUT2D eigenvalue weighted by atomic mass is 9.84. The first-order valence-corrected chi connectivity index (χ1v) is 10.6. The van der Waals surface area contributed by atoms with Crippen LogP contribution in [0, 0.1) is 6.92 Å². The Morgan fingerprint density at radius 1 is 0.969 bits per heavy atom. The summed E-state index contributed by atoms with van der Waals surface area (Å²) in [6.07, 6.45) is 1.28. The third kappa shape index (κ3) is 2.87. The molecule has 2 atom stereocenters. The number of aryl methyl sites for hydroxylation is 1. The van der Waals surface area contributed by atoms with E-state index in [0.29, 0.717) is 0 Å². The summed E-state index contributed by atoms with van der Waals surface area (Å²) in [6.45, 7) is 2.09. The molecule has 6 heteroatoms. The minimum absolute atomic E-state index is 0.158. The molecule has 32 heavy (non-hydrogen) atoms. The fourth-order valence-corrected chi connectivity index (χ4v) is 4.62. The summed E-state index contributed by atoms with van der Waals surface area (Å²) in [5, 5.41) is 8.12. The summed E-state index contributed by atoms with van der Waals surface area (Å²) in [7, 11) is 1.68. The van der Waals surface area contributed by atoms with Crippen LogP contribution in [-0.4, -0.2) is 21.9 Å². The van der Waals surface area contributed by atoms with E-state index in [1.165, 1.54) is 5.56 Å². The lowest BCUT2D eigenvalue weighted by molar-refractivity contribution is 0.222. The van der Waals surface area contributed by atoms with Crippen molar-refractivity contribution in [2.24, 2.45) is 0 Å². The molecule has 2 aliphatic heterocycles. The first kappa shape index (κ1) is 18.7. The van der Waals surface area contributed by atoms with Crippen molar-refractivity contribution in [3.05, 3.63) is 107 Å². The van der Waals surface area contributed by atoms with Gasteiger partial charge in [-0.3, -0.25) is 0 Å². The van der Waals surface area contributed by atoms with Crippen molar-refractivity contribution in [2.75, 3.05) is 12.4 Å². The van der Waals surface area contributed by atoms with Gasteiger partial charge < -0.3 is 14.8 Å². The summed E-state index contributed by atoms with van der Waals surface area (Å²) in [5.41, 5.74) is 6.48. The zero-order valence-electron chi connectivity index (χ0n) is 17.8. The normalized spacial score (nSPS) is 18.7. The zero-order valence-corrected chi connectivity index (χ0v) is 17.8. The van der Waals surface area contributed by atoms with Crippen LogP contribution in [0.3, 0.4) is 0 Å². The molecule has 6 nitrogen and oxygen atoms in total. The highest BCUT2D eigenvalue weighted by Gasteiger charge is 2.41. The molecule has 0 saturated carbocycles. The van der Waals surface area contributed by atoms with E-state index in [1.54, 1.807) is 13.4 Å². The first-order valence-electron chi connectivity index (χ1n) is 10.6. The molecular formula is C26H22N4O2. The van der Waals surface area contributed by atoms with Crippen molar-refractivity contribution in [1.29, 1.82) is 0 Å². The van der Waals surface area contributed by atoms with E-state index in [4.69, 9.17) is 9.47 Å². The molecule has 6 rings (SSSR count). The van der Waals surface area contributed by atoms with Gasteiger partial charge in [0.15, 0.2) is 0 Å². The number of fused-ring (bicyclic) bond motifs is 3. The van der Waals surface area contributed by atoms with Crippen LogP contribution in [0.15, 0.2) is 84.7 Å². The molecule has 3 aromatic carbocycles. The minimum atomic E-state index is -0.314. The maximum absolute atomic E-state index is 6.67. The van der Waals surface area contributed by atoms with E-state index in [1.807, 2.05) is 35.0 Å². The van der Waals surface area contributed by atoms with Crippen molar-refractivity contribution < 1.29 is 9.47 Å². The van der Waals surface area contributed by atoms with E-state index in [9.17, 15) is 0 Å². The van der Waals surface area contributed by atoms with Crippen LogP contribution >= 0.6 is 0 Å². The van der Waals surface area contributed by atoms with Crippen molar-refractivity contribution in [1.82, 2.24) is 14.8 Å². The number of hydrogen-bond acceptors (Lipinski definition) is 5. The van der Waals surface area contributed by atoms with Gasteiger partial charge in [-0.1, -0.05) is 54.1 Å². The molecule has 0 amide bonds. The standard InChI is InChI=1S/C26H22N4O2/c1-16-11-12-21-20(13-16)23-22(25(32-21)18-9-6-10-19(14-18)31-2)24(17-7-4-3-5-8-17)30-26(29-23)27-15-28-30/h3-15,24-25H,1-2H3,(H,27,28,29). The number of hydrogen-bond donors (Lipinski definition) is 1. The molecule has 0 radical (unpaired) electrons. The fraction of sp³-hybridized carbons (Fsp3) is 0.154. The lowest BCUT2D eigenvalue weighted by Crippen LogP contribution is -2.32. The highest BCUT2D eigenvalue weighted by Crippen LogP contribution is 2.50.